The molecule has 0 aliphatic rings. The molecule has 0 N–H and O–H groups in total. The number of rotatable bonds is 2. The van der Waals surface area contributed by atoms with Crippen LogP contribution in [-0.4, -0.2) is 12.0 Å². The number of carbonyl (C=O) groups excluding carboxylic acids is 1. The number of ketones is 1. The molecule has 0 saturated carbocycles. The van der Waals surface area contributed by atoms with Gasteiger partial charge < -0.3 is 0 Å². The van der Waals surface area contributed by atoms with Crippen LogP contribution in [0, 0.1) is 6.92 Å². The fourth-order valence-corrected chi connectivity index (χ4v) is 2.45. The van der Waals surface area contributed by atoms with E-state index in [2.05, 4.69) is 15.9 Å². The van der Waals surface area contributed by atoms with Gasteiger partial charge in [-0.25, -0.2) is 0 Å². The zero-order valence-electron chi connectivity index (χ0n) is 7.11. The van der Waals surface area contributed by atoms with E-state index in [1.54, 1.807) is 12.3 Å². The maximum atomic E-state index is 11.9. The number of carbonyl (C=O) groups is 1. The topological polar surface area (TPSA) is 17.1 Å². The minimum Gasteiger partial charge on any atom is -0.289 e. The van der Waals surface area contributed by atoms with Gasteiger partial charge in [0.15, 0.2) is 0 Å². The molecule has 6 heteroatoms. The molecule has 0 spiro atoms. The van der Waals surface area contributed by atoms with E-state index >= 15 is 0 Å². The Morgan fingerprint density at radius 3 is 2.50 bits per heavy atom. The summed E-state index contributed by atoms with van der Waals surface area (Å²) in [4.78, 5) is 11.1. The van der Waals surface area contributed by atoms with Crippen molar-refractivity contribution in [2.75, 3.05) is 0 Å². The lowest BCUT2D eigenvalue weighted by Crippen LogP contribution is -2.24. The Kier molecular flexibility index (Phi) is 3.36. The van der Waals surface area contributed by atoms with Crippen molar-refractivity contribution in [2.45, 2.75) is 19.5 Å². The number of hydrogen-bond acceptors (Lipinski definition) is 2. The molecule has 0 amide bonds. The van der Waals surface area contributed by atoms with Crippen molar-refractivity contribution in [1.29, 1.82) is 0 Å². The highest BCUT2D eigenvalue weighted by Gasteiger charge is 2.38. The van der Waals surface area contributed by atoms with Crippen LogP contribution >= 0.6 is 27.3 Å². The molecule has 0 aliphatic heterocycles. The normalized spacial score (nSPS) is 11.8. The second kappa shape index (κ2) is 4.02. The largest absolute Gasteiger partial charge is 0.450 e. The number of halogens is 4. The highest BCUT2D eigenvalue weighted by molar-refractivity contribution is 9.10. The van der Waals surface area contributed by atoms with Crippen LogP contribution in [0.25, 0.3) is 0 Å². The average molecular weight is 287 g/mol. The molecule has 1 nitrogen and oxygen atoms in total. The lowest BCUT2D eigenvalue weighted by atomic mass is 10.2. The van der Waals surface area contributed by atoms with Gasteiger partial charge in [-0.15, -0.1) is 11.3 Å². The minimum absolute atomic E-state index is 0.421. The van der Waals surface area contributed by atoms with Crippen LogP contribution in [0.1, 0.15) is 10.4 Å². The Bertz CT molecular complexity index is 356. The summed E-state index contributed by atoms with van der Waals surface area (Å²) in [5, 5.41) is 1.71. The van der Waals surface area contributed by atoms with Crippen LogP contribution in [0.15, 0.2) is 9.85 Å². The Morgan fingerprint density at radius 1 is 1.57 bits per heavy atom. The van der Waals surface area contributed by atoms with E-state index in [9.17, 15) is 18.0 Å². The highest BCUT2D eigenvalue weighted by Crippen LogP contribution is 2.30. The standard InChI is InChI=1S/C8H6BrF3OS/c1-4-3-14-5(7(4)9)2-6(13)8(10,11)12/h3H,2H2,1H3. The summed E-state index contributed by atoms with van der Waals surface area (Å²) >= 11 is 4.29. The minimum atomic E-state index is -4.74. The highest BCUT2D eigenvalue weighted by atomic mass is 79.9. The lowest BCUT2D eigenvalue weighted by Gasteiger charge is -2.03. The fourth-order valence-electron chi connectivity index (χ4n) is 0.848. The van der Waals surface area contributed by atoms with Crippen molar-refractivity contribution in [3.8, 4) is 0 Å². The predicted octanol–water partition coefficient (Wildman–Crippen LogP) is 3.49. The maximum Gasteiger partial charge on any atom is 0.450 e. The number of Topliss-reactive ketones (excluding diaryl/α,β-unsaturated/α-hetero) is 1. The van der Waals surface area contributed by atoms with Crippen LogP contribution in [0.3, 0.4) is 0 Å². The molecule has 1 aromatic rings. The van der Waals surface area contributed by atoms with Gasteiger partial charge in [-0.05, 0) is 33.8 Å². The van der Waals surface area contributed by atoms with Gasteiger partial charge in [0.2, 0.25) is 5.78 Å². The second-order valence-electron chi connectivity index (χ2n) is 2.75. The summed E-state index contributed by atoms with van der Waals surface area (Å²) in [5.74, 6) is -1.71. The van der Waals surface area contributed by atoms with Gasteiger partial charge >= 0.3 is 6.18 Å². The summed E-state index contributed by atoms with van der Waals surface area (Å²) in [7, 11) is 0. The summed E-state index contributed by atoms with van der Waals surface area (Å²) in [6.45, 7) is 1.77. The maximum absolute atomic E-state index is 11.9. The van der Waals surface area contributed by atoms with Gasteiger partial charge in [-0.3, -0.25) is 4.79 Å². The second-order valence-corrected chi connectivity index (χ2v) is 4.51. The molecule has 0 aromatic carbocycles. The van der Waals surface area contributed by atoms with E-state index in [0.717, 1.165) is 16.9 Å². The van der Waals surface area contributed by atoms with Gasteiger partial charge in [0, 0.05) is 9.35 Å². The van der Waals surface area contributed by atoms with E-state index in [1.807, 2.05) is 0 Å². The quantitative estimate of drug-likeness (QED) is 0.813. The van der Waals surface area contributed by atoms with Gasteiger partial charge in [0.25, 0.3) is 0 Å². The molecule has 14 heavy (non-hydrogen) atoms. The van der Waals surface area contributed by atoms with Crippen LogP contribution in [0.5, 0.6) is 0 Å². The molecule has 1 heterocycles. The monoisotopic (exact) mass is 286 g/mol. The number of thiophene rings is 1. The molecule has 78 valence electrons. The van der Waals surface area contributed by atoms with Crippen molar-refractivity contribution < 1.29 is 18.0 Å². The summed E-state index contributed by atoms with van der Waals surface area (Å²) in [6.07, 6.45) is -5.32. The van der Waals surface area contributed by atoms with E-state index in [4.69, 9.17) is 0 Å². The summed E-state index contributed by atoms with van der Waals surface area (Å²) < 4.78 is 36.3. The molecule has 0 unspecified atom stereocenters. The van der Waals surface area contributed by atoms with Gasteiger partial charge in [-0.2, -0.15) is 13.2 Å². The molecule has 0 atom stereocenters. The predicted molar refractivity (Wildman–Crippen MR) is 51.5 cm³/mol. The van der Waals surface area contributed by atoms with Crippen molar-refractivity contribution in [1.82, 2.24) is 0 Å². The fraction of sp³-hybridized carbons (Fsp3) is 0.375. The van der Waals surface area contributed by atoms with Gasteiger partial charge in [-0.1, -0.05) is 0 Å². The Hall–Kier alpha value is -0.360. The van der Waals surface area contributed by atoms with Gasteiger partial charge in [0.05, 0.1) is 6.42 Å². The Morgan fingerprint density at radius 2 is 2.14 bits per heavy atom. The molecular weight excluding hydrogens is 281 g/mol. The van der Waals surface area contributed by atoms with Crippen molar-refractivity contribution in [2.24, 2.45) is 0 Å². The molecule has 0 bridgehead atoms. The third-order valence-corrected chi connectivity index (χ3v) is 4.08. The summed E-state index contributed by atoms with van der Waals surface area (Å²) in [5.41, 5.74) is 0.847. The average Bonchev–Trinajstić information content (AvgIpc) is 2.34. The Labute approximate surface area is 91.1 Å². The van der Waals surface area contributed by atoms with Crippen molar-refractivity contribution >= 4 is 33.0 Å². The van der Waals surface area contributed by atoms with E-state index < -0.39 is 18.4 Å². The first kappa shape index (κ1) is 11.7. The first-order valence-electron chi connectivity index (χ1n) is 3.65. The van der Waals surface area contributed by atoms with E-state index in [1.165, 1.54) is 0 Å². The zero-order valence-corrected chi connectivity index (χ0v) is 9.52. The first-order valence-corrected chi connectivity index (χ1v) is 5.32. The SMILES string of the molecule is Cc1csc(CC(=O)C(F)(F)F)c1Br. The molecule has 0 radical (unpaired) electrons. The summed E-state index contributed by atoms with van der Waals surface area (Å²) in [6, 6.07) is 0. The van der Waals surface area contributed by atoms with Crippen molar-refractivity contribution in [3.63, 3.8) is 0 Å². The lowest BCUT2D eigenvalue weighted by molar-refractivity contribution is -0.170. The van der Waals surface area contributed by atoms with Crippen LogP contribution in [-0.2, 0) is 11.2 Å². The van der Waals surface area contributed by atoms with Crippen LogP contribution in [0.4, 0.5) is 13.2 Å². The van der Waals surface area contributed by atoms with Crippen LogP contribution < -0.4 is 0 Å². The third-order valence-electron chi connectivity index (χ3n) is 1.61. The van der Waals surface area contributed by atoms with Crippen LogP contribution in [0.2, 0.25) is 0 Å². The van der Waals surface area contributed by atoms with E-state index in [-0.39, 0.29) is 0 Å². The van der Waals surface area contributed by atoms with Gasteiger partial charge in [0.1, 0.15) is 0 Å². The molecule has 0 fully saturated rings. The third kappa shape index (κ3) is 2.57. The van der Waals surface area contributed by atoms with Crippen molar-refractivity contribution in [3.05, 3.63) is 20.3 Å². The molecule has 1 aromatic heterocycles. The first-order chi connectivity index (χ1) is 6.32. The Balaban J connectivity index is 2.80. The molecule has 1 rings (SSSR count). The molecule has 0 aliphatic carbocycles. The molecular formula is C8H6BrF3OS. The van der Waals surface area contributed by atoms with E-state index in [0.29, 0.717) is 9.35 Å². The number of aryl methyl sites for hydroxylation is 1. The number of alkyl halides is 3. The zero-order chi connectivity index (χ0) is 10.9. The smallest absolute Gasteiger partial charge is 0.289 e. The number of hydrogen-bond donors (Lipinski definition) is 0. The molecule has 0 saturated heterocycles.